The number of aryl methyl sites for hydroxylation is 2. The van der Waals surface area contributed by atoms with Crippen LogP contribution in [0, 0.1) is 5.41 Å². The van der Waals surface area contributed by atoms with E-state index in [1.54, 1.807) is 6.07 Å². The van der Waals surface area contributed by atoms with Crippen LogP contribution in [-0.4, -0.2) is 34.3 Å². The number of pyridine rings is 1. The maximum Gasteiger partial charge on any atom is 0.339 e. The van der Waals surface area contributed by atoms with Crippen LogP contribution in [0.25, 0.3) is 0 Å². The zero-order valence-corrected chi connectivity index (χ0v) is 12.8. The summed E-state index contributed by atoms with van der Waals surface area (Å²) in [5.41, 5.74) is 2.33. The second kappa shape index (κ2) is 6.43. The molecule has 0 radical (unpaired) electrons. The van der Waals surface area contributed by atoms with Crippen LogP contribution in [0.5, 0.6) is 0 Å². The highest BCUT2D eigenvalue weighted by molar-refractivity contribution is 5.93. The average Bonchev–Trinajstić information content (AvgIpc) is 2.89. The van der Waals surface area contributed by atoms with Gasteiger partial charge in [-0.3, -0.25) is 0 Å². The summed E-state index contributed by atoms with van der Waals surface area (Å²) < 4.78 is 0. The molecule has 0 aliphatic heterocycles. The number of hydrogen-bond acceptors (Lipinski definition) is 4. The molecule has 0 saturated heterocycles. The molecule has 1 aliphatic rings. The molecule has 1 aromatic heterocycles. The Morgan fingerprint density at radius 3 is 2.86 bits per heavy atom. The van der Waals surface area contributed by atoms with Crippen molar-refractivity contribution in [3.8, 4) is 0 Å². The van der Waals surface area contributed by atoms with Crippen LogP contribution in [0.4, 0.5) is 5.82 Å². The highest BCUT2D eigenvalue weighted by atomic mass is 16.4. The first-order valence-electron chi connectivity index (χ1n) is 7.54. The Kier molecular flexibility index (Phi) is 4.83. The normalized spacial score (nSPS) is 14.0. The lowest BCUT2D eigenvalue weighted by Gasteiger charge is -2.25. The van der Waals surface area contributed by atoms with E-state index in [9.17, 15) is 9.90 Å². The van der Waals surface area contributed by atoms with Gasteiger partial charge < -0.3 is 15.5 Å². The van der Waals surface area contributed by atoms with Crippen molar-refractivity contribution in [1.29, 1.82) is 0 Å². The Bertz CT molecular complexity index is 526. The number of aromatic carboxylic acids is 1. The molecule has 0 spiro atoms. The third-order valence-corrected chi connectivity index (χ3v) is 4.03. The molecular formula is C16H24N2O3. The van der Waals surface area contributed by atoms with E-state index >= 15 is 0 Å². The Hall–Kier alpha value is -1.62. The lowest BCUT2D eigenvalue weighted by atomic mass is 9.88. The van der Waals surface area contributed by atoms with E-state index in [4.69, 9.17) is 5.11 Å². The molecule has 0 bridgehead atoms. The van der Waals surface area contributed by atoms with E-state index < -0.39 is 5.97 Å². The predicted octanol–water partition coefficient (Wildman–Crippen LogP) is 2.48. The molecule has 3 N–H and O–H groups in total. The highest BCUT2D eigenvalue weighted by Crippen LogP contribution is 2.27. The molecule has 0 atom stereocenters. The standard InChI is InChI=1S/C16H24N2O3/c1-16(2,7-4-8-19)10-17-14-12(15(20)21)9-11-5-3-6-13(11)18-14/h9,19H,3-8,10H2,1-2H3,(H,17,18)(H,20,21). The molecule has 1 heterocycles. The first kappa shape index (κ1) is 15.8. The minimum Gasteiger partial charge on any atom is -0.478 e. The van der Waals surface area contributed by atoms with Gasteiger partial charge in [0.1, 0.15) is 11.4 Å². The summed E-state index contributed by atoms with van der Waals surface area (Å²) in [5, 5.41) is 21.5. The van der Waals surface area contributed by atoms with Crippen LogP contribution in [0.15, 0.2) is 6.07 Å². The zero-order chi connectivity index (χ0) is 15.5. The first-order valence-corrected chi connectivity index (χ1v) is 7.54. The molecular weight excluding hydrogens is 268 g/mol. The number of aromatic nitrogens is 1. The van der Waals surface area contributed by atoms with E-state index in [0.717, 1.165) is 43.4 Å². The van der Waals surface area contributed by atoms with Gasteiger partial charge in [0.2, 0.25) is 0 Å². The van der Waals surface area contributed by atoms with Gasteiger partial charge in [-0.2, -0.15) is 0 Å². The number of aliphatic hydroxyl groups is 1. The second-order valence-corrected chi connectivity index (χ2v) is 6.49. The number of carbonyl (C=O) groups is 1. The average molecular weight is 292 g/mol. The maximum atomic E-state index is 11.4. The Morgan fingerprint density at radius 2 is 2.19 bits per heavy atom. The minimum absolute atomic E-state index is 0.0147. The number of fused-ring (bicyclic) bond motifs is 1. The number of nitrogens with one attached hydrogen (secondary N) is 1. The van der Waals surface area contributed by atoms with Crippen molar-refractivity contribution < 1.29 is 15.0 Å². The van der Waals surface area contributed by atoms with Gasteiger partial charge >= 0.3 is 5.97 Å². The smallest absolute Gasteiger partial charge is 0.339 e. The summed E-state index contributed by atoms with van der Waals surface area (Å²) >= 11 is 0. The van der Waals surface area contributed by atoms with Crippen molar-refractivity contribution in [3.63, 3.8) is 0 Å². The quantitative estimate of drug-likeness (QED) is 0.719. The Labute approximate surface area is 125 Å². The van der Waals surface area contributed by atoms with Crippen LogP contribution in [0.1, 0.15) is 54.7 Å². The third-order valence-electron chi connectivity index (χ3n) is 4.03. The van der Waals surface area contributed by atoms with Gasteiger partial charge in [-0.25, -0.2) is 9.78 Å². The van der Waals surface area contributed by atoms with Crippen molar-refractivity contribution in [2.24, 2.45) is 5.41 Å². The molecule has 0 fully saturated rings. The molecule has 0 aromatic carbocycles. The number of aliphatic hydroxyl groups excluding tert-OH is 1. The SMILES string of the molecule is CC(C)(CCCO)CNc1nc2c(cc1C(=O)O)CCC2. The largest absolute Gasteiger partial charge is 0.478 e. The number of anilines is 1. The summed E-state index contributed by atoms with van der Waals surface area (Å²) in [6, 6.07) is 1.76. The van der Waals surface area contributed by atoms with Gasteiger partial charge in [0.05, 0.1) is 0 Å². The van der Waals surface area contributed by atoms with Crippen molar-refractivity contribution in [1.82, 2.24) is 4.98 Å². The molecule has 1 aliphatic carbocycles. The fraction of sp³-hybridized carbons (Fsp3) is 0.625. The van der Waals surface area contributed by atoms with Gasteiger partial charge in [0, 0.05) is 18.8 Å². The van der Waals surface area contributed by atoms with Gasteiger partial charge in [-0.05, 0) is 49.1 Å². The molecule has 0 unspecified atom stereocenters. The first-order chi connectivity index (χ1) is 9.93. The van der Waals surface area contributed by atoms with E-state index in [1.807, 2.05) is 0 Å². The van der Waals surface area contributed by atoms with Gasteiger partial charge in [-0.1, -0.05) is 13.8 Å². The molecule has 21 heavy (non-hydrogen) atoms. The third kappa shape index (κ3) is 3.94. The van der Waals surface area contributed by atoms with Crippen molar-refractivity contribution in [2.45, 2.75) is 46.0 Å². The molecule has 1 aromatic rings. The Morgan fingerprint density at radius 1 is 1.43 bits per heavy atom. The monoisotopic (exact) mass is 292 g/mol. The zero-order valence-electron chi connectivity index (χ0n) is 12.8. The van der Waals surface area contributed by atoms with Crippen molar-refractivity contribution in [3.05, 3.63) is 22.9 Å². The van der Waals surface area contributed by atoms with Crippen LogP contribution >= 0.6 is 0 Å². The fourth-order valence-electron chi connectivity index (χ4n) is 2.74. The Balaban J connectivity index is 2.14. The van der Waals surface area contributed by atoms with Crippen LogP contribution in [0.2, 0.25) is 0 Å². The van der Waals surface area contributed by atoms with Crippen LogP contribution < -0.4 is 5.32 Å². The molecule has 0 saturated carbocycles. The van der Waals surface area contributed by atoms with Crippen molar-refractivity contribution >= 4 is 11.8 Å². The number of carboxylic acid groups (broad SMARTS) is 1. The van der Waals surface area contributed by atoms with Gasteiger partial charge in [0.25, 0.3) is 0 Å². The summed E-state index contributed by atoms with van der Waals surface area (Å²) in [6.07, 6.45) is 4.53. The van der Waals surface area contributed by atoms with Crippen molar-refractivity contribution in [2.75, 3.05) is 18.5 Å². The number of nitrogens with zero attached hydrogens (tertiary/aromatic N) is 1. The second-order valence-electron chi connectivity index (χ2n) is 6.49. The molecule has 5 nitrogen and oxygen atoms in total. The molecule has 5 heteroatoms. The molecule has 2 rings (SSSR count). The van der Waals surface area contributed by atoms with Crippen LogP contribution in [0.3, 0.4) is 0 Å². The lowest BCUT2D eigenvalue weighted by Crippen LogP contribution is -2.25. The molecule has 0 amide bonds. The van der Waals surface area contributed by atoms with Gasteiger partial charge in [-0.15, -0.1) is 0 Å². The topological polar surface area (TPSA) is 82.5 Å². The summed E-state index contributed by atoms with van der Waals surface area (Å²) in [4.78, 5) is 15.9. The van der Waals surface area contributed by atoms with E-state index in [2.05, 4.69) is 24.1 Å². The summed E-state index contributed by atoms with van der Waals surface area (Å²) in [5.74, 6) is -0.465. The summed E-state index contributed by atoms with van der Waals surface area (Å²) in [7, 11) is 0. The van der Waals surface area contributed by atoms with Crippen LogP contribution in [-0.2, 0) is 12.8 Å². The minimum atomic E-state index is -0.937. The highest BCUT2D eigenvalue weighted by Gasteiger charge is 2.22. The molecule has 116 valence electrons. The van der Waals surface area contributed by atoms with E-state index in [0.29, 0.717) is 12.4 Å². The number of rotatable bonds is 7. The van der Waals surface area contributed by atoms with Gasteiger partial charge in [0.15, 0.2) is 0 Å². The van der Waals surface area contributed by atoms with E-state index in [1.165, 1.54) is 0 Å². The predicted molar refractivity (Wildman–Crippen MR) is 81.8 cm³/mol. The summed E-state index contributed by atoms with van der Waals surface area (Å²) in [6.45, 7) is 5.02. The van der Waals surface area contributed by atoms with E-state index in [-0.39, 0.29) is 17.6 Å². The fourth-order valence-corrected chi connectivity index (χ4v) is 2.74. The maximum absolute atomic E-state index is 11.4. The number of hydrogen-bond donors (Lipinski definition) is 3. The lowest BCUT2D eigenvalue weighted by molar-refractivity contribution is 0.0697. The number of carboxylic acids is 1.